The summed E-state index contributed by atoms with van der Waals surface area (Å²) in [4.78, 5) is 11.6. The van der Waals surface area contributed by atoms with Crippen LogP contribution in [0.15, 0.2) is 0 Å². The molecule has 0 spiro atoms. The molecule has 0 aliphatic rings. The molecular weight excluding hydrogens is 190 g/mol. The normalized spacial score (nSPS) is 12.9. The van der Waals surface area contributed by atoms with Gasteiger partial charge in [-0.15, -0.1) is 0 Å². The van der Waals surface area contributed by atoms with Gasteiger partial charge in [0.1, 0.15) is 6.04 Å². The molecule has 3 heteroatoms. The zero-order valence-electron chi connectivity index (χ0n) is 10.5. The third-order valence-electron chi connectivity index (χ3n) is 2.33. The number of likely N-dealkylation sites (N-methyl/N-ethyl adjacent to an activating group) is 1. The molecule has 0 aromatic heterocycles. The van der Waals surface area contributed by atoms with E-state index in [2.05, 4.69) is 26.1 Å². The van der Waals surface area contributed by atoms with Crippen molar-refractivity contribution >= 4 is 5.97 Å². The highest BCUT2D eigenvalue weighted by Gasteiger charge is 2.18. The quantitative estimate of drug-likeness (QED) is 0.499. The highest BCUT2D eigenvalue weighted by molar-refractivity contribution is 5.75. The number of carbonyl (C=O) groups excluding carboxylic acids is 1. The van der Waals surface area contributed by atoms with E-state index in [1.165, 1.54) is 0 Å². The summed E-state index contributed by atoms with van der Waals surface area (Å²) in [7, 11) is 1.81. The summed E-state index contributed by atoms with van der Waals surface area (Å²) in [6.07, 6.45) is 4.09. The second-order valence-electron chi connectivity index (χ2n) is 4.35. The van der Waals surface area contributed by atoms with Crippen LogP contribution < -0.4 is 5.32 Å². The van der Waals surface area contributed by atoms with Gasteiger partial charge in [0.25, 0.3) is 0 Å². The van der Waals surface area contributed by atoms with Crippen molar-refractivity contribution < 1.29 is 9.53 Å². The Morgan fingerprint density at radius 1 is 1.33 bits per heavy atom. The van der Waals surface area contributed by atoms with E-state index in [1.807, 2.05) is 0 Å². The standard InChI is InChI=1S/C12H25NO2/c1-5-6-7-8-15-12(14)11(13-4)9-10(2)3/h10-11,13H,5-9H2,1-4H3. The summed E-state index contributed by atoms with van der Waals surface area (Å²) in [5, 5.41) is 3.00. The summed E-state index contributed by atoms with van der Waals surface area (Å²) < 4.78 is 5.20. The first-order chi connectivity index (χ1) is 7.11. The minimum Gasteiger partial charge on any atom is -0.465 e. The molecule has 0 amide bonds. The molecule has 90 valence electrons. The second kappa shape index (κ2) is 8.72. The summed E-state index contributed by atoms with van der Waals surface area (Å²) in [5.74, 6) is 0.396. The zero-order valence-corrected chi connectivity index (χ0v) is 10.5. The number of esters is 1. The fourth-order valence-corrected chi connectivity index (χ4v) is 1.43. The van der Waals surface area contributed by atoms with Crippen LogP contribution in [0.5, 0.6) is 0 Å². The molecule has 0 fully saturated rings. The van der Waals surface area contributed by atoms with Gasteiger partial charge in [-0.1, -0.05) is 33.6 Å². The summed E-state index contributed by atoms with van der Waals surface area (Å²) in [6.45, 7) is 6.91. The summed E-state index contributed by atoms with van der Waals surface area (Å²) in [5.41, 5.74) is 0. The van der Waals surface area contributed by atoms with Crippen LogP contribution in [0, 0.1) is 5.92 Å². The molecule has 0 rings (SSSR count). The molecule has 3 nitrogen and oxygen atoms in total. The minimum absolute atomic E-state index is 0.109. The van der Waals surface area contributed by atoms with Crippen LogP contribution in [-0.4, -0.2) is 25.7 Å². The maximum absolute atomic E-state index is 11.6. The van der Waals surface area contributed by atoms with Crippen molar-refractivity contribution in [1.82, 2.24) is 5.32 Å². The van der Waals surface area contributed by atoms with Gasteiger partial charge in [-0.2, -0.15) is 0 Å². The summed E-state index contributed by atoms with van der Waals surface area (Å²) in [6, 6.07) is -0.147. The van der Waals surface area contributed by atoms with Crippen molar-refractivity contribution in [2.75, 3.05) is 13.7 Å². The van der Waals surface area contributed by atoms with E-state index in [0.717, 1.165) is 25.7 Å². The predicted molar refractivity (Wildman–Crippen MR) is 62.8 cm³/mol. The van der Waals surface area contributed by atoms with E-state index >= 15 is 0 Å². The Kier molecular flexibility index (Phi) is 8.38. The molecule has 0 aromatic carbocycles. The molecule has 0 aliphatic carbocycles. The Labute approximate surface area is 93.6 Å². The lowest BCUT2D eigenvalue weighted by Gasteiger charge is -2.16. The van der Waals surface area contributed by atoms with Crippen molar-refractivity contribution in [3.63, 3.8) is 0 Å². The number of carbonyl (C=O) groups is 1. The topological polar surface area (TPSA) is 38.3 Å². The third kappa shape index (κ3) is 7.37. The first-order valence-corrected chi connectivity index (χ1v) is 5.95. The fourth-order valence-electron chi connectivity index (χ4n) is 1.43. The molecule has 1 unspecified atom stereocenters. The number of ether oxygens (including phenoxy) is 1. The van der Waals surface area contributed by atoms with Crippen LogP contribution in [0.3, 0.4) is 0 Å². The smallest absolute Gasteiger partial charge is 0.323 e. The molecule has 0 aromatic rings. The number of hydrogen-bond donors (Lipinski definition) is 1. The van der Waals surface area contributed by atoms with Crippen LogP contribution >= 0.6 is 0 Å². The van der Waals surface area contributed by atoms with Gasteiger partial charge in [-0.3, -0.25) is 4.79 Å². The predicted octanol–water partition coefficient (Wildman–Crippen LogP) is 2.35. The van der Waals surface area contributed by atoms with Crippen LogP contribution in [0.2, 0.25) is 0 Å². The SMILES string of the molecule is CCCCCOC(=O)C(CC(C)C)NC. The van der Waals surface area contributed by atoms with Crippen LogP contribution in [0.1, 0.15) is 46.5 Å². The maximum Gasteiger partial charge on any atom is 0.323 e. The Balaban J connectivity index is 3.73. The Bertz CT molecular complexity index is 169. The third-order valence-corrected chi connectivity index (χ3v) is 2.33. The van der Waals surface area contributed by atoms with Crippen molar-refractivity contribution in [3.05, 3.63) is 0 Å². The fraction of sp³-hybridized carbons (Fsp3) is 0.917. The summed E-state index contributed by atoms with van der Waals surface area (Å²) >= 11 is 0. The van der Waals surface area contributed by atoms with E-state index in [9.17, 15) is 4.79 Å². The van der Waals surface area contributed by atoms with Gasteiger partial charge in [0, 0.05) is 0 Å². The van der Waals surface area contributed by atoms with Crippen LogP contribution in [0.25, 0.3) is 0 Å². The van der Waals surface area contributed by atoms with E-state index in [0.29, 0.717) is 12.5 Å². The van der Waals surface area contributed by atoms with Gasteiger partial charge in [-0.25, -0.2) is 0 Å². The molecule has 1 atom stereocenters. The molecule has 0 bridgehead atoms. The van der Waals surface area contributed by atoms with Gasteiger partial charge in [-0.05, 0) is 25.8 Å². The van der Waals surface area contributed by atoms with Gasteiger partial charge < -0.3 is 10.1 Å². The van der Waals surface area contributed by atoms with E-state index in [4.69, 9.17) is 4.74 Å². The van der Waals surface area contributed by atoms with Crippen LogP contribution in [0.4, 0.5) is 0 Å². The first-order valence-electron chi connectivity index (χ1n) is 5.95. The van der Waals surface area contributed by atoms with Crippen LogP contribution in [-0.2, 0) is 9.53 Å². The second-order valence-corrected chi connectivity index (χ2v) is 4.35. The average molecular weight is 215 g/mol. The molecule has 0 heterocycles. The molecule has 0 radical (unpaired) electrons. The van der Waals surface area contributed by atoms with Gasteiger partial charge in [0.2, 0.25) is 0 Å². The molecule has 0 saturated carbocycles. The number of nitrogens with one attached hydrogen (secondary N) is 1. The lowest BCUT2D eigenvalue weighted by Crippen LogP contribution is -2.36. The maximum atomic E-state index is 11.6. The highest BCUT2D eigenvalue weighted by Crippen LogP contribution is 2.06. The zero-order chi connectivity index (χ0) is 11.7. The van der Waals surface area contributed by atoms with E-state index < -0.39 is 0 Å². The van der Waals surface area contributed by atoms with Crippen molar-refractivity contribution in [2.45, 2.75) is 52.5 Å². The molecule has 0 saturated heterocycles. The Morgan fingerprint density at radius 3 is 2.47 bits per heavy atom. The molecular formula is C12H25NO2. The molecule has 1 N–H and O–H groups in total. The number of hydrogen-bond acceptors (Lipinski definition) is 3. The van der Waals surface area contributed by atoms with Gasteiger partial charge in [0.15, 0.2) is 0 Å². The van der Waals surface area contributed by atoms with Gasteiger partial charge >= 0.3 is 5.97 Å². The molecule has 15 heavy (non-hydrogen) atoms. The highest BCUT2D eigenvalue weighted by atomic mass is 16.5. The minimum atomic E-state index is -0.147. The Hall–Kier alpha value is -0.570. The van der Waals surface area contributed by atoms with E-state index in [1.54, 1.807) is 7.05 Å². The lowest BCUT2D eigenvalue weighted by molar-refractivity contribution is -0.146. The van der Waals surface area contributed by atoms with Gasteiger partial charge in [0.05, 0.1) is 6.61 Å². The Morgan fingerprint density at radius 2 is 2.00 bits per heavy atom. The van der Waals surface area contributed by atoms with Crippen molar-refractivity contribution in [3.8, 4) is 0 Å². The van der Waals surface area contributed by atoms with E-state index in [-0.39, 0.29) is 12.0 Å². The first kappa shape index (κ1) is 14.4. The van der Waals surface area contributed by atoms with Crippen molar-refractivity contribution in [2.24, 2.45) is 5.92 Å². The number of rotatable bonds is 8. The monoisotopic (exact) mass is 215 g/mol. The molecule has 0 aliphatic heterocycles. The van der Waals surface area contributed by atoms with Crippen molar-refractivity contribution in [1.29, 1.82) is 0 Å². The average Bonchev–Trinajstić information content (AvgIpc) is 2.20. The number of unbranched alkanes of at least 4 members (excludes halogenated alkanes) is 2. The lowest BCUT2D eigenvalue weighted by atomic mass is 10.0. The largest absolute Gasteiger partial charge is 0.465 e.